The topological polar surface area (TPSA) is 75.4 Å². The molecule has 0 bridgehead atoms. The van der Waals surface area contributed by atoms with Gasteiger partial charge in [0.05, 0.1) is 0 Å². The van der Waals surface area contributed by atoms with Crippen LogP contribution in [0.15, 0.2) is 48.0 Å². The Balaban J connectivity index is 1.20. The Labute approximate surface area is 194 Å². The molecule has 3 aromatic rings. The minimum absolute atomic E-state index is 0.0859. The van der Waals surface area contributed by atoms with Gasteiger partial charge in [-0.15, -0.1) is 15.3 Å². The second kappa shape index (κ2) is 9.73. The maximum absolute atomic E-state index is 12.7. The number of anilines is 1. The van der Waals surface area contributed by atoms with Crippen LogP contribution in [-0.2, 0) is 4.79 Å². The zero-order valence-electron chi connectivity index (χ0n) is 19.3. The molecule has 1 aliphatic carbocycles. The summed E-state index contributed by atoms with van der Waals surface area (Å²) in [5.41, 5.74) is 4.43. The minimum atomic E-state index is 0.0859. The number of hydrogen-bond donors (Lipinski definition) is 1. The van der Waals surface area contributed by atoms with Gasteiger partial charge >= 0.3 is 0 Å². The molecule has 1 aromatic carbocycles. The third-order valence-electron chi connectivity index (χ3n) is 6.95. The van der Waals surface area contributed by atoms with Gasteiger partial charge in [0.1, 0.15) is 5.82 Å². The molecule has 7 nitrogen and oxygen atoms in total. The van der Waals surface area contributed by atoms with E-state index in [-0.39, 0.29) is 11.8 Å². The maximum Gasteiger partial charge on any atom is 0.223 e. The summed E-state index contributed by atoms with van der Waals surface area (Å²) >= 11 is 0. The fourth-order valence-corrected chi connectivity index (χ4v) is 4.93. The Morgan fingerprint density at radius 1 is 1.09 bits per heavy atom. The van der Waals surface area contributed by atoms with Crippen molar-refractivity contribution in [2.75, 3.05) is 24.5 Å². The van der Waals surface area contributed by atoms with Crippen molar-refractivity contribution < 1.29 is 4.79 Å². The largest absolute Gasteiger partial charge is 0.356 e. The van der Waals surface area contributed by atoms with Crippen LogP contribution in [0.3, 0.4) is 0 Å². The van der Waals surface area contributed by atoms with Crippen LogP contribution in [-0.4, -0.2) is 45.4 Å². The van der Waals surface area contributed by atoms with E-state index in [4.69, 9.17) is 5.10 Å². The summed E-state index contributed by atoms with van der Waals surface area (Å²) in [5.74, 6) is 1.95. The summed E-state index contributed by atoms with van der Waals surface area (Å²) < 4.78 is 1.83. The van der Waals surface area contributed by atoms with Gasteiger partial charge in [-0.3, -0.25) is 4.79 Å². The molecule has 1 saturated heterocycles. The van der Waals surface area contributed by atoms with Gasteiger partial charge in [-0.1, -0.05) is 35.9 Å². The molecule has 0 radical (unpaired) electrons. The highest BCUT2D eigenvalue weighted by molar-refractivity contribution is 5.79. The predicted octanol–water partition coefficient (Wildman–Crippen LogP) is 4.32. The first kappa shape index (κ1) is 21.6. The van der Waals surface area contributed by atoms with Crippen LogP contribution in [0.2, 0.25) is 0 Å². The molecule has 33 heavy (non-hydrogen) atoms. The first-order chi connectivity index (χ1) is 16.2. The van der Waals surface area contributed by atoms with Gasteiger partial charge in [0, 0.05) is 31.1 Å². The number of carbonyl (C=O) groups is 1. The number of allylic oxidation sites excluding steroid dienone is 1. The van der Waals surface area contributed by atoms with E-state index in [0.29, 0.717) is 0 Å². The lowest BCUT2D eigenvalue weighted by atomic mass is 9.95. The number of aromatic nitrogens is 4. The average molecular weight is 445 g/mol. The molecule has 0 saturated carbocycles. The number of hydrogen-bond acceptors (Lipinski definition) is 5. The van der Waals surface area contributed by atoms with E-state index < -0.39 is 0 Å². The number of fused-ring (bicyclic) bond motifs is 1. The van der Waals surface area contributed by atoms with Gasteiger partial charge in [-0.25, -0.2) is 0 Å². The first-order valence-electron chi connectivity index (χ1n) is 12.2. The quantitative estimate of drug-likeness (QED) is 0.573. The van der Waals surface area contributed by atoms with Crippen molar-refractivity contribution in [3.63, 3.8) is 0 Å². The molecule has 0 atom stereocenters. The van der Waals surface area contributed by atoms with E-state index in [2.05, 4.69) is 45.5 Å². The number of amides is 1. The molecule has 2 aliphatic rings. The van der Waals surface area contributed by atoms with Crippen molar-refractivity contribution in [2.24, 2.45) is 5.92 Å². The van der Waals surface area contributed by atoms with Crippen LogP contribution in [0.1, 0.15) is 50.5 Å². The lowest BCUT2D eigenvalue weighted by Gasteiger charge is -2.32. The van der Waals surface area contributed by atoms with Gasteiger partial charge in [-0.2, -0.15) is 4.52 Å². The summed E-state index contributed by atoms with van der Waals surface area (Å²) in [5, 5.41) is 16.7. The second-order valence-electron chi connectivity index (χ2n) is 9.21. The van der Waals surface area contributed by atoms with Crippen LogP contribution in [0, 0.1) is 12.8 Å². The van der Waals surface area contributed by atoms with E-state index in [1.54, 1.807) is 0 Å². The number of rotatable bonds is 6. The Bertz CT molecular complexity index is 1160. The minimum Gasteiger partial charge on any atom is -0.356 e. The van der Waals surface area contributed by atoms with Crippen molar-refractivity contribution in [1.82, 2.24) is 25.1 Å². The molecular weight excluding hydrogens is 412 g/mol. The molecule has 1 aliphatic heterocycles. The highest BCUT2D eigenvalue weighted by atomic mass is 16.1. The van der Waals surface area contributed by atoms with Gasteiger partial charge in [0.25, 0.3) is 0 Å². The molecule has 7 heteroatoms. The van der Waals surface area contributed by atoms with Crippen molar-refractivity contribution in [3.8, 4) is 11.4 Å². The maximum atomic E-state index is 12.7. The normalized spacial score (nSPS) is 17.2. The number of benzene rings is 1. The van der Waals surface area contributed by atoms with Gasteiger partial charge in [0.2, 0.25) is 5.91 Å². The highest BCUT2D eigenvalue weighted by Gasteiger charge is 2.26. The number of piperidine rings is 1. The van der Waals surface area contributed by atoms with Crippen molar-refractivity contribution in [2.45, 2.75) is 51.9 Å². The Hall–Kier alpha value is -3.22. The molecular formula is C26H32N6O. The third kappa shape index (κ3) is 4.77. The van der Waals surface area contributed by atoms with Crippen LogP contribution in [0.5, 0.6) is 0 Å². The molecule has 5 rings (SSSR count). The second-order valence-corrected chi connectivity index (χ2v) is 9.21. The number of carbonyl (C=O) groups excluding carboxylic acids is 1. The van der Waals surface area contributed by atoms with Crippen LogP contribution >= 0.6 is 0 Å². The number of nitrogens with one attached hydrogen (secondary N) is 1. The Morgan fingerprint density at radius 3 is 2.73 bits per heavy atom. The standard InChI is InChI=1S/C26H32N6O/c1-19-7-5-6-10-22(19)25-29-28-23-11-12-24(30-32(23)25)31-17-14-21(15-18-31)26(33)27-16-13-20-8-3-2-4-9-20/h5-8,10-12,21H,2-4,9,13-18H2,1H3,(H,27,33). The fraction of sp³-hybridized carbons (Fsp3) is 0.462. The van der Waals surface area contributed by atoms with E-state index in [9.17, 15) is 4.79 Å². The van der Waals surface area contributed by atoms with Crippen LogP contribution in [0.25, 0.3) is 17.0 Å². The SMILES string of the molecule is Cc1ccccc1-c1nnc2ccc(N3CCC(C(=O)NCCC4=CCCCC4)CC3)nn12. The summed E-state index contributed by atoms with van der Waals surface area (Å²) in [6.07, 6.45) is 10.0. The zero-order chi connectivity index (χ0) is 22.6. The van der Waals surface area contributed by atoms with Crippen LogP contribution in [0.4, 0.5) is 5.82 Å². The molecule has 0 unspecified atom stereocenters. The zero-order valence-corrected chi connectivity index (χ0v) is 19.3. The lowest BCUT2D eigenvalue weighted by molar-refractivity contribution is -0.125. The van der Waals surface area contributed by atoms with Crippen molar-refractivity contribution in [3.05, 3.63) is 53.6 Å². The Morgan fingerprint density at radius 2 is 1.94 bits per heavy atom. The lowest BCUT2D eigenvalue weighted by Crippen LogP contribution is -2.41. The molecule has 3 heterocycles. The van der Waals surface area contributed by atoms with Crippen molar-refractivity contribution in [1.29, 1.82) is 0 Å². The first-order valence-corrected chi connectivity index (χ1v) is 12.2. The van der Waals surface area contributed by atoms with E-state index in [0.717, 1.165) is 67.3 Å². The van der Waals surface area contributed by atoms with Crippen LogP contribution < -0.4 is 10.2 Å². The predicted molar refractivity (Wildman–Crippen MR) is 130 cm³/mol. The molecule has 1 fully saturated rings. The molecule has 1 amide bonds. The average Bonchev–Trinajstić information content (AvgIpc) is 3.28. The van der Waals surface area contributed by atoms with E-state index >= 15 is 0 Å². The highest BCUT2D eigenvalue weighted by Crippen LogP contribution is 2.25. The summed E-state index contributed by atoms with van der Waals surface area (Å²) in [6.45, 7) is 4.48. The molecule has 2 aromatic heterocycles. The number of aryl methyl sites for hydroxylation is 1. The third-order valence-corrected chi connectivity index (χ3v) is 6.95. The summed E-state index contributed by atoms with van der Waals surface area (Å²) in [6, 6.07) is 12.1. The number of nitrogens with zero attached hydrogens (tertiary/aromatic N) is 5. The molecule has 0 spiro atoms. The monoisotopic (exact) mass is 444 g/mol. The van der Waals surface area contributed by atoms with Gasteiger partial charge < -0.3 is 10.2 Å². The van der Waals surface area contributed by atoms with Gasteiger partial charge in [0.15, 0.2) is 11.5 Å². The van der Waals surface area contributed by atoms with E-state index in [1.165, 1.54) is 31.3 Å². The van der Waals surface area contributed by atoms with Crippen molar-refractivity contribution >= 4 is 17.4 Å². The van der Waals surface area contributed by atoms with E-state index in [1.807, 2.05) is 28.8 Å². The van der Waals surface area contributed by atoms with Gasteiger partial charge in [-0.05, 0) is 69.6 Å². The summed E-state index contributed by atoms with van der Waals surface area (Å²) in [7, 11) is 0. The Kier molecular flexibility index (Phi) is 6.37. The fourth-order valence-electron chi connectivity index (χ4n) is 4.93. The summed E-state index contributed by atoms with van der Waals surface area (Å²) in [4.78, 5) is 14.9. The molecule has 172 valence electrons. The molecule has 1 N–H and O–H groups in total. The smallest absolute Gasteiger partial charge is 0.223 e.